The summed E-state index contributed by atoms with van der Waals surface area (Å²) in [6, 6.07) is 2.30. The SMILES string of the molecule is COCCNCc1ccn(C(C)COC)n1. The van der Waals surface area contributed by atoms with Gasteiger partial charge in [0.15, 0.2) is 0 Å². The third kappa shape index (κ3) is 4.30. The van der Waals surface area contributed by atoms with Crippen molar-refractivity contribution < 1.29 is 9.47 Å². The molecule has 1 atom stereocenters. The van der Waals surface area contributed by atoms with Crippen molar-refractivity contribution in [2.45, 2.75) is 19.5 Å². The third-order valence-electron chi connectivity index (χ3n) is 2.31. The van der Waals surface area contributed by atoms with Crippen molar-refractivity contribution in [1.29, 1.82) is 0 Å². The van der Waals surface area contributed by atoms with Gasteiger partial charge in [-0.2, -0.15) is 5.10 Å². The lowest BCUT2D eigenvalue weighted by atomic mass is 10.4. The minimum Gasteiger partial charge on any atom is -0.383 e. The molecule has 1 unspecified atom stereocenters. The Labute approximate surface area is 96.7 Å². The maximum atomic E-state index is 5.09. The van der Waals surface area contributed by atoms with E-state index in [4.69, 9.17) is 9.47 Å². The number of nitrogens with zero attached hydrogens (tertiary/aromatic N) is 2. The van der Waals surface area contributed by atoms with Crippen LogP contribution in [-0.4, -0.2) is 43.8 Å². The van der Waals surface area contributed by atoms with E-state index < -0.39 is 0 Å². The number of ether oxygens (including phenoxy) is 2. The van der Waals surface area contributed by atoms with E-state index in [0.717, 1.165) is 25.4 Å². The molecule has 1 heterocycles. The number of nitrogens with one attached hydrogen (secondary N) is 1. The highest BCUT2D eigenvalue weighted by molar-refractivity contribution is 4.99. The summed E-state index contributed by atoms with van der Waals surface area (Å²) in [5, 5.41) is 7.71. The van der Waals surface area contributed by atoms with Crippen LogP contribution in [0.2, 0.25) is 0 Å². The number of methoxy groups -OCH3 is 2. The zero-order valence-corrected chi connectivity index (χ0v) is 10.3. The van der Waals surface area contributed by atoms with Crippen LogP contribution in [0.3, 0.4) is 0 Å². The molecule has 1 aromatic heterocycles. The van der Waals surface area contributed by atoms with Gasteiger partial charge in [0.05, 0.1) is 24.9 Å². The monoisotopic (exact) mass is 227 g/mol. The standard InChI is InChI=1S/C11H21N3O2/c1-10(9-16-3)14-6-4-11(13-14)8-12-5-7-15-2/h4,6,10,12H,5,7-9H2,1-3H3. The summed E-state index contributed by atoms with van der Waals surface area (Å²) in [6.45, 7) is 5.10. The summed E-state index contributed by atoms with van der Waals surface area (Å²) in [4.78, 5) is 0. The minimum atomic E-state index is 0.276. The summed E-state index contributed by atoms with van der Waals surface area (Å²) < 4.78 is 12.0. The fourth-order valence-electron chi connectivity index (χ4n) is 1.43. The van der Waals surface area contributed by atoms with E-state index in [-0.39, 0.29) is 6.04 Å². The summed E-state index contributed by atoms with van der Waals surface area (Å²) in [7, 11) is 3.40. The maximum absolute atomic E-state index is 5.09. The summed E-state index contributed by atoms with van der Waals surface area (Å²) in [5.41, 5.74) is 1.04. The molecule has 92 valence electrons. The zero-order chi connectivity index (χ0) is 11.8. The van der Waals surface area contributed by atoms with Gasteiger partial charge >= 0.3 is 0 Å². The van der Waals surface area contributed by atoms with Crippen LogP contribution in [-0.2, 0) is 16.0 Å². The van der Waals surface area contributed by atoms with Crippen LogP contribution in [0.15, 0.2) is 12.3 Å². The van der Waals surface area contributed by atoms with Crippen molar-refractivity contribution in [1.82, 2.24) is 15.1 Å². The normalized spacial score (nSPS) is 12.9. The third-order valence-corrected chi connectivity index (χ3v) is 2.31. The summed E-state index contributed by atoms with van der Waals surface area (Å²) in [5.74, 6) is 0. The van der Waals surface area contributed by atoms with E-state index in [1.54, 1.807) is 14.2 Å². The van der Waals surface area contributed by atoms with Gasteiger partial charge in [-0.3, -0.25) is 4.68 Å². The second-order valence-electron chi connectivity index (χ2n) is 3.76. The highest BCUT2D eigenvalue weighted by atomic mass is 16.5. The molecule has 1 N–H and O–H groups in total. The molecule has 0 aliphatic carbocycles. The van der Waals surface area contributed by atoms with Crippen LogP contribution < -0.4 is 5.32 Å². The maximum Gasteiger partial charge on any atom is 0.0762 e. The zero-order valence-electron chi connectivity index (χ0n) is 10.3. The van der Waals surface area contributed by atoms with E-state index >= 15 is 0 Å². The molecule has 0 aliphatic heterocycles. The Morgan fingerprint density at radius 2 is 2.25 bits per heavy atom. The van der Waals surface area contributed by atoms with Crippen molar-refractivity contribution >= 4 is 0 Å². The largest absolute Gasteiger partial charge is 0.383 e. The van der Waals surface area contributed by atoms with E-state index in [1.165, 1.54) is 0 Å². The summed E-state index contributed by atoms with van der Waals surface area (Å²) in [6.07, 6.45) is 1.98. The molecule has 0 spiro atoms. The molecule has 0 bridgehead atoms. The highest BCUT2D eigenvalue weighted by Gasteiger charge is 2.05. The molecule has 5 heteroatoms. The van der Waals surface area contributed by atoms with Crippen LogP contribution in [0, 0.1) is 0 Å². The van der Waals surface area contributed by atoms with Crippen molar-refractivity contribution in [2.24, 2.45) is 0 Å². The van der Waals surface area contributed by atoms with Crippen LogP contribution in [0.1, 0.15) is 18.7 Å². The van der Waals surface area contributed by atoms with Crippen molar-refractivity contribution in [3.63, 3.8) is 0 Å². The molecule has 0 radical (unpaired) electrons. The highest BCUT2D eigenvalue weighted by Crippen LogP contribution is 2.05. The predicted molar refractivity (Wildman–Crippen MR) is 62.4 cm³/mol. The van der Waals surface area contributed by atoms with Gasteiger partial charge in [-0.25, -0.2) is 0 Å². The lowest BCUT2D eigenvalue weighted by Gasteiger charge is -2.10. The Bertz CT molecular complexity index is 289. The van der Waals surface area contributed by atoms with Gasteiger partial charge in [0.1, 0.15) is 0 Å². The second kappa shape index (κ2) is 7.38. The van der Waals surface area contributed by atoms with Gasteiger partial charge in [-0.1, -0.05) is 0 Å². The quantitative estimate of drug-likeness (QED) is 0.668. The van der Waals surface area contributed by atoms with Crippen molar-refractivity contribution in [3.05, 3.63) is 18.0 Å². The molecule has 0 aromatic carbocycles. The molecule has 1 aromatic rings. The Morgan fingerprint density at radius 1 is 1.44 bits per heavy atom. The fourth-order valence-corrected chi connectivity index (χ4v) is 1.43. The number of rotatable bonds is 8. The van der Waals surface area contributed by atoms with Gasteiger partial charge in [-0.15, -0.1) is 0 Å². The van der Waals surface area contributed by atoms with Gasteiger partial charge in [0.2, 0.25) is 0 Å². The van der Waals surface area contributed by atoms with Gasteiger partial charge in [0, 0.05) is 33.5 Å². The molecule has 1 rings (SSSR count). The Hall–Kier alpha value is -0.910. The van der Waals surface area contributed by atoms with E-state index in [1.807, 2.05) is 16.9 Å². The van der Waals surface area contributed by atoms with Crippen molar-refractivity contribution in [2.75, 3.05) is 34.0 Å². The second-order valence-corrected chi connectivity index (χ2v) is 3.76. The first-order valence-corrected chi connectivity index (χ1v) is 5.50. The van der Waals surface area contributed by atoms with Gasteiger partial charge < -0.3 is 14.8 Å². The molecule has 16 heavy (non-hydrogen) atoms. The van der Waals surface area contributed by atoms with Crippen molar-refractivity contribution in [3.8, 4) is 0 Å². The molecule has 0 amide bonds. The number of hydrogen-bond donors (Lipinski definition) is 1. The average molecular weight is 227 g/mol. The van der Waals surface area contributed by atoms with Gasteiger partial charge in [0.25, 0.3) is 0 Å². The van der Waals surface area contributed by atoms with E-state index in [0.29, 0.717) is 6.61 Å². The molecule has 0 aliphatic rings. The molecule has 0 fully saturated rings. The topological polar surface area (TPSA) is 48.3 Å². The number of hydrogen-bond acceptors (Lipinski definition) is 4. The smallest absolute Gasteiger partial charge is 0.0762 e. The van der Waals surface area contributed by atoms with Gasteiger partial charge in [-0.05, 0) is 13.0 Å². The first kappa shape index (κ1) is 13.2. The predicted octanol–water partition coefficient (Wildman–Crippen LogP) is 0.826. The minimum absolute atomic E-state index is 0.276. The van der Waals surface area contributed by atoms with E-state index in [2.05, 4.69) is 17.3 Å². The van der Waals surface area contributed by atoms with E-state index in [9.17, 15) is 0 Å². The fraction of sp³-hybridized carbons (Fsp3) is 0.727. The van der Waals surface area contributed by atoms with Crippen LogP contribution >= 0.6 is 0 Å². The lowest BCUT2D eigenvalue weighted by Crippen LogP contribution is -2.19. The lowest BCUT2D eigenvalue weighted by molar-refractivity contribution is 0.156. The Kier molecular flexibility index (Phi) is 6.07. The molecule has 5 nitrogen and oxygen atoms in total. The van der Waals surface area contributed by atoms with Crippen LogP contribution in [0.5, 0.6) is 0 Å². The average Bonchev–Trinajstić information content (AvgIpc) is 2.73. The van der Waals surface area contributed by atoms with Crippen LogP contribution in [0.25, 0.3) is 0 Å². The number of aromatic nitrogens is 2. The first-order chi connectivity index (χ1) is 7.77. The Balaban J connectivity index is 2.33. The summed E-state index contributed by atoms with van der Waals surface area (Å²) >= 11 is 0. The Morgan fingerprint density at radius 3 is 2.94 bits per heavy atom. The van der Waals surface area contributed by atoms with Crippen LogP contribution in [0.4, 0.5) is 0 Å². The molecular weight excluding hydrogens is 206 g/mol. The molecule has 0 saturated heterocycles. The molecule has 0 saturated carbocycles. The first-order valence-electron chi connectivity index (χ1n) is 5.50. The molecular formula is C11H21N3O2.